The second-order valence-electron chi connectivity index (χ2n) is 1.92. The summed E-state index contributed by atoms with van der Waals surface area (Å²) >= 11 is 0. The Morgan fingerprint density at radius 1 is 1.18 bits per heavy atom. The van der Waals surface area contributed by atoms with Crippen LogP contribution in [0, 0.1) is 0 Å². The number of phenols is 2. The molecule has 1 rings (SSSR count). The van der Waals surface area contributed by atoms with Crippen LogP contribution in [0.25, 0.3) is 0 Å². The number of para-hydroxylation sites is 1. The Morgan fingerprint density at radius 3 is 1.91 bits per heavy atom. The SMILES string of the molecule is [O]N(O)c1c(O)cccc1O. The van der Waals surface area contributed by atoms with E-state index in [0.717, 1.165) is 0 Å². The maximum absolute atomic E-state index is 10.2. The van der Waals surface area contributed by atoms with Crippen LogP contribution < -0.4 is 5.23 Å². The lowest BCUT2D eigenvalue weighted by Gasteiger charge is -2.08. The number of aromatic hydroxyl groups is 2. The predicted octanol–water partition coefficient (Wildman–Crippen LogP) is 0.639. The normalized spacial score (nSPS) is 9.64. The number of nitrogens with zero attached hydrogens (tertiary/aromatic N) is 1. The van der Waals surface area contributed by atoms with E-state index in [1.54, 1.807) is 0 Å². The molecular weight excluding hydrogens is 150 g/mol. The molecule has 5 heteroatoms. The first-order chi connectivity index (χ1) is 5.13. The number of anilines is 1. The summed E-state index contributed by atoms with van der Waals surface area (Å²) in [6.07, 6.45) is 0. The minimum absolute atomic E-state index is 0.470. The van der Waals surface area contributed by atoms with Gasteiger partial charge in [0.2, 0.25) is 0 Å². The van der Waals surface area contributed by atoms with Gasteiger partial charge in [0.1, 0.15) is 11.5 Å². The molecule has 5 nitrogen and oxygen atoms in total. The quantitative estimate of drug-likeness (QED) is 0.521. The van der Waals surface area contributed by atoms with Gasteiger partial charge in [-0.25, -0.2) is 0 Å². The highest BCUT2D eigenvalue weighted by Gasteiger charge is 2.12. The summed E-state index contributed by atoms with van der Waals surface area (Å²) in [7, 11) is 0. The molecule has 0 bridgehead atoms. The number of hydrogen-bond acceptors (Lipinski definition) is 4. The van der Waals surface area contributed by atoms with Gasteiger partial charge in [-0.15, -0.1) is 0 Å². The second kappa shape index (κ2) is 2.65. The third-order valence-electron chi connectivity index (χ3n) is 1.18. The van der Waals surface area contributed by atoms with Crippen molar-refractivity contribution >= 4 is 5.69 Å². The molecule has 0 aliphatic heterocycles. The average molecular weight is 156 g/mol. The summed E-state index contributed by atoms with van der Waals surface area (Å²) in [5.41, 5.74) is -0.549. The van der Waals surface area contributed by atoms with Gasteiger partial charge in [0.25, 0.3) is 0 Å². The number of phenolic OH excluding ortho intramolecular Hbond substituents is 2. The fourth-order valence-electron chi connectivity index (χ4n) is 0.715. The third-order valence-corrected chi connectivity index (χ3v) is 1.18. The predicted molar refractivity (Wildman–Crippen MR) is 34.7 cm³/mol. The molecule has 0 aliphatic rings. The maximum Gasteiger partial charge on any atom is 0.181 e. The van der Waals surface area contributed by atoms with Crippen LogP contribution >= 0.6 is 0 Å². The van der Waals surface area contributed by atoms with E-state index < -0.39 is 22.4 Å². The summed E-state index contributed by atoms with van der Waals surface area (Å²) in [4.78, 5) is 0. The Kier molecular flexibility index (Phi) is 1.84. The topological polar surface area (TPSA) is 83.8 Å². The lowest BCUT2D eigenvalue weighted by Crippen LogP contribution is -2.08. The molecule has 1 radical (unpaired) electrons. The van der Waals surface area contributed by atoms with Crippen LogP contribution in [0.3, 0.4) is 0 Å². The highest BCUT2D eigenvalue weighted by Crippen LogP contribution is 2.34. The minimum atomic E-state index is -0.593. The van der Waals surface area contributed by atoms with Gasteiger partial charge in [-0.05, 0) is 12.1 Å². The van der Waals surface area contributed by atoms with E-state index in [1.165, 1.54) is 18.2 Å². The van der Waals surface area contributed by atoms with Crippen molar-refractivity contribution in [2.45, 2.75) is 0 Å². The van der Waals surface area contributed by atoms with Gasteiger partial charge < -0.3 is 10.2 Å². The van der Waals surface area contributed by atoms with Gasteiger partial charge in [0.15, 0.2) is 5.69 Å². The van der Waals surface area contributed by atoms with E-state index >= 15 is 0 Å². The van der Waals surface area contributed by atoms with Gasteiger partial charge in [-0.3, -0.25) is 5.21 Å². The molecule has 0 heterocycles. The smallest absolute Gasteiger partial charge is 0.181 e. The van der Waals surface area contributed by atoms with Gasteiger partial charge >= 0.3 is 0 Å². The molecule has 1 aromatic rings. The van der Waals surface area contributed by atoms with Crippen LogP contribution in [-0.2, 0) is 5.21 Å². The molecule has 3 N–H and O–H groups in total. The highest BCUT2D eigenvalue weighted by molar-refractivity contribution is 5.63. The standard InChI is InChI=1S/C6H6NO4/c8-4-2-1-3-5(9)6(4)7(10)11/h1-3,8-10H. The lowest BCUT2D eigenvalue weighted by molar-refractivity contribution is -0.0286. The first kappa shape index (κ1) is 7.64. The van der Waals surface area contributed by atoms with Crippen LogP contribution in [0.1, 0.15) is 0 Å². The van der Waals surface area contributed by atoms with Crippen molar-refractivity contribution in [3.63, 3.8) is 0 Å². The summed E-state index contributed by atoms with van der Waals surface area (Å²) in [5.74, 6) is -0.940. The largest absolute Gasteiger partial charge is 0.505 e. The van der Waals surface area contributed by atoms with Crippen LogP contribution in [0.5, 0.6) is 11.5 Å². The second-order valence-corrected chi connectivity index (χ2v) is 1.92. The number of rotatable bonds is 1. The van der Waals surface area contributed by atoms with Gasteiger partial charge in [-0.2, -0.15) is 0 Å². The van der Waals surface area contributed by atoms with Crippen molar-refractivity contribution in [1.29, 1.82) is 0 Å². The van der Waals surface area contributed by atoms with Crippen molar-refractivity contribution in [2.75, 3.05) is 5.23 Å². The van der Waals surface area contributed by atoms with Crippen LogP contribution in [0.4, 0.5) is 5.69 Å². The summed E-state index contributed by atoms with van der Waals surface area (Å²) in [5, 5.41) is 35.8. The van der Waals surface area contributed by atoms with Crippen molar-refractivity contribution in [3.8, 4) is 11.5 Å². The maximum atomic E-state index is 10.2. The fraction of sp³-hybridized carbons (Fsp3) is 0. The number of hydrogen-bond donors (Lipinski definition) is 3. The van der Waals surface area contributed by atoms with E-state index in [2.05, 4.69) is 0 Å². The molecular formula is C6H6NO4. The fourth-order valence-corrected chi connectivity index (χ4v) is 0.715. The van der Waals surface area contributed by atoms with Gasteiger partial charge in [0.05, 0.1) is 0 Å². The molecule has 0 spiro atoms. The lowest BCUT2D eigenvalue weighted by atomic mass is 10.3. The van der Waals surface area contributed by atoms with Crippen LogP contribution in [0.15, 0.2) is 18.2 Å². The van der Waals surface area contributed by atoms with Crippen LogP contribution in [0.2, 0.25) is 0 Å². The Labute approximate surface area is 62.3 Å². The van der Waals surface area contributed by atoms with Crippen molar-refractivity contribution < 1.29 is 20.6 Å². The Balaban J connectivity index is 3.21. The zero-order chi connectivity index (χ0) is 8.43. The summed E-state index contributed by atoms with van der Waals surface area (Å²) < 4.78 is 0. The molecule has 0 amide bonds. The first-order valence-electron chi connectivity index (χ1n) is 2.80. The molecule has 0 saturated carbocycles. The first-order valence-corrected chi connectivity index (χ1v) is 2.80. The molecule has 11 heavy (non-hydrogen) atoms. The molecule has 0 saturated heterocycles. The monoisotopic (exact) mass is 156 g/mol. The summed E-state index contributed by atoms with van der Waals surface area (Å²) in [6, 6.07) is 3.70. The summed E-state index contributed by atoms with van der Waals surface area (Å²) in [6.45, 7) is 0. The zero-order valence-electron chi connectivity index (χ0n) is 5.43. The zero-order valence-corrected chi connectivity index (χ0v) is 5.43. The molecule has 0 aliphatic carbocycles. The van der Waals surface area contributed by atoms with E-state index in [4.69, 9.17) is 15.4 Å². The minimum Gasteiger partial charge on any atom is -0.505 e. The Hall–Kier alpha value is -1.46. The molecule has 0 atom stereocenters. The van der Waals surface area contributed by atoms with Crippen molar-refractivity contribution in [3.05, 3.63) is 18.2 Å². The molecule has 0 unspecified atom stereocenters. The average Bonchev–Trinajstić information content (AvgIpc) is 1.85. The molecule has 0 aromatic heterocycles. The van der Waals surface area contributed by atoms with Crippen molar-refractivity contribution in [1.82, 2.24) is 0 Å². The molecule has 59 valence electrons. The van der Waals surface area contributed by atoms with Gasteiger partial charge in [0, 0.05) is 0 Å². The number of benzene rings is 1. The molecule has 0 fully saturated rings. The Morgan fingerprint density at radius 2 is 1.64 bits per heavy atom. The van der Waals surface area contributed by atoms with Crippen LogP contribution in [-0.4, -0.2) is 15.4 Å². The van der Waals surface area contributed by atoms with E-state index in [9.17, 15) is 5.21 Å². The van der Waals surface area contributed by atoms with Crippen molar-refractivity contribution in [2.24, 2.45) is 0 Å². The van der Waals surface area contributed by atoms with E-state index in [1.807, 2.05) is 0 Å². The molecule has 1 aromatic carbocycles. The van der Waals surface area contributed by atoms with E-state index in [0.29, 0.717) is 0 Å². The third kappa shape index (κ3) is 1.34. The highest BCUT2D eigenvalue weighted by atomic mass is 16.8. The van der Waals surface area contributed by atoms with Gasteiger partial charge in [-0.1, -0.05) is 16.5 Å². The van der Waals surface area contributed by atoms with E-state index in [-0.39, 0.29) is 0 Å². The Bertz CT molecular complexity index is 241.